The smallest absolute Gasteiger partial charge is 0.00792 e. The molecule has 0 saturated carbocycles. The lowest BCUT2D eigenvalue weighted by atomic mass is 10.0. The predicted molar refractivity (Wildman–Crippen MR) is 80.2 cm³/mol. The molecule has 2 saturated heterocycles. The van der Waals surface area contributed by atoms with Gasteiger partial charge in [-0.3, -0.25) is 0 Å². The van der Waals surface area contributed by atoms with Gasteiger partial charge < -0.3 is 15.5 Å². The Morgan fingerprint density at radius 1 is 0.944 bits per heavy atom. The van der Waals surface area contributed by atoms with Crippen LogP contribution in [0, 0.1) is 0 Å². The van der Waals surface area contributed by atoms with Crippen molar-refractivity contribution < 1.29 is 0 Å². The van der Waals surface area contributed by atoms with E-state index in [2.05, 4.69) is 29.4 Å². The number of nitrogens with one attached hydrogen (secondary N) is 2. The molecule has 2 N–H and O–H groups in total. The quantitative estimate of drug-likeness (QED) is 0.789. The normalized spacial score (nSPS) is 23.8. The molecule has 3 heteroatoms. The monoisotopic (exact) mass is 255 g/mol. The Morgan fingerprint density at radius 3 is 2.06 bits per heavy atom. The van der Waals surface area contributed by atoms with Crippen LogP contribution in [0.2, 0.25) is 0 Å². The van der Waals surface area contributed by atoms with Gasteiger partial charge in [0.1, 0.15) is 0 Å². The number of piperidine rings is 1. The zero-order valence-electron chi connectivity index (χ0n) is 12.5. The summed E-state index contributed by atoms with van der Waals surface area (Å²) in [4.78, 5) is 2.51. The molecule has 1 atom stereocenters. The van der Waals surface area contributed by atoms with Gasteiger partial charge in [0.25, 0.3) is 0 Å². The van der Waals surface area contributed by atoms with Crippen LogP contribution in [0.25, 0.3) is 0 Å². The fourth-order valence-corrected chi connectivity index (χ4v) is 2.67. The Balaban J connectivity index is 0.000000269. The molecule has 0 amide bonds. The molecule has 3 nitrogen and oxygen atoms in total. The van der Waals surface area contributed by atoms with Crippen LogP contribution >= 0.6 is 0 Å². The number of hydrogen-bond donors (Lipinski definition) is 2. The van der Waals surface area contributed by atoms with Crippen molar-refractivity contribution in [1.82, 2.24) is 15.5 Å². The molecule has 2 aliphatic heterocycles. The van der Waals surface area contributed by atoms with Crippen LogP contribution in [0.3, 0.4) is 0 Å². The van der Waals surface area contributed by atoms with Crippen molar-refractivity contribution in [1.29, 1.82) is 0 Å². The van der Waals surface area contributed by atoms with Gasteiger partial charge in [-0.25, -0.2) is 0 Å². The lowest BCUT2D eigenvalue weighted by Crippen LogP contribution is -2.37. The van der Waals surface area contributed by atoms with Crippen LogP contribution in [0.1, 0.15) is 52.4 Å². The lowest BCUT2D eigenvalue weighted by Gasteiger charge is -2.26. The van der Waals surface area contributed by atoms with Gasteiger partial charge in [0, 0.05) is 6.04 Å². The van der Waals surface area contributed by atoms with Crippen molar-refractivity contribution in [2.45, 2.75) is 58.4 Å². The molecule has 2 rings (SSSR count). The minimum atomic E-state index is 0.800. The zero-order valence-corrected chi connectivity index (χ0v) is 12.5. The van der Waals surface area contributed by atoms with Gasteiger partial charge in [0.2, 0.25) is 0 Å². The maximum atomic E-state index is 3.60. The maximum absolute atomic E-state index is 3.60. The summed E-state index contributed by atoms with van der Waals surface area (Å²) in [6.45, 7) is 11.9. The fourth-order valence-electron chi connectivity index (χ4n) is 2.67. The van der Waals surface area contributed by atoms with E-state index in [1.54, 1.807) is 0 Å². The molecule has 1 unspecified atom stereocenters. The van der Waals surface area contributed by atoms with Crippen molar-refractivity contribution >= 4 is 0 Å². The Labute approximate surface area is 114 Å². The number of hydrogen-bond acceptors (Lipinski definition) is 3. The molecule has 0 bridgehead atoms. The van der Waals surface area contributed by atoms with Gasteiger partial charge in [0.15, 0.2) is 0 Å². The summed E-state index contributed by atoms with van der Waals surface area (Å²) in [5, 5.41) is 6.82. The van der Waals surface area contributed by atoms with E-state index in [1.807, 2.05) is 0 Å². The first-order chi connectivity index (χ1) is 8.86. The van der Waals surface area contributed by atoms with E-state index < -0.39 is 0 Å². The molecule has 0 aromatic rings. The topological polar surface area (TPSA) is 27.3 Å². The number of nitrogens with zero attached hydrogens (tertiary/aromatic N) is 1. The van der Waals surface area contributed by atoms with E-state index >= 15 is 0 Å². The van der Waals surface area contributed by atoms with Gasteiger partial charge in [0.05, 0.1) is 0 Å². The highest BCUT2D eigenvalue weighted by molar-refractivity contribution is 4.73. The molecule has 18 heavy (non-hydrogen) atoms. The fraction of sp³-hybridized carbons (Fsp3) is 1.00. The summed E-state index contributed by atoms with van der Waals surface area (Å²) in [6, 6.07) is 0.800. The molecule has 2 heterocycles. The standard InChI is InChI=1S/C11H24N2.C4H9N/c1-3-13(4-2)10-8-11-7-5-6-9-12-11;1-2-4-5-3-1/h11-12H,3-10H2,1-2H3;5H,1-4H2. The van der Waals surface area contributed by atoms with Crippen LogP contribution in [-0.4, -0.2) is 50.2 Å². The third-order valence-corrected chi connectivity index (χ3v) is 4.06. The first-order valence-electron chi connectivity index (χ1n) is 8.03. The molecule has 108 valence electrons. The van der Waals surface area contributed by atoms with E-state index in [0.717, 1.165) is 6.04 Å². The summed E-state index contributed by atoms with van der Waals surface area (Å²) in [5.41, 5.74) is 0. The predicted octanol–water partition coefficient (Wildman–Crippen LogP) is 2.23. The summed E-state index contributed by atoms with van der Waals surface area (Å²) >= 11 is 0. The first kappa shape index (κ1) is 15.9. The average molecular weight is 255 g/mol. The lowest BCUT2D eigenvalue weighted by molar-refractivity contribution is 0.267. The molecule has 0 aromatic carbocycles. The van der Waals surface area contributed by atoms with Crippen LogP contribution in [-0.2, 0) is 0 Å². The molecular formula is C15H33N3. The van der Waals surface area contributed by atoms with Gasteiger partial charge >= 0.3 is 0 Å². The van der Waals surface area contributed by atoms with Crippen molar-refractivity contribution in [3.8, 4) is 0 Å². The second kappa shape index (κ2) is 10.8. The van der Waals surface area contributed by atoms with Crippen molar-refractivity contribution in [2.24, 2.45) is 0 Å². The molecule has 0 aliphatic carbocycles. The van der Waals surface area contributed by atoms with Crippen LogP contribution in [0.4, 0.5) is 0 Å². The van der Waals surface area contributed by atoms with Gasteiger partial charge in [-0.15, -0.1) is 0 Å². The highest BCUT2D eigenvalue weighted by Gasteiger charge is 2.12. The largest absolute Gasteiger partial charge is 0.317 e. The average Bonchev–Trinajstić information content (AvgIpc) is 3.00. The van der Waals surface area contributed by atoms with Crippen LogP contribution in [0.5, 0.6) is 0 Å². The molecule has 0 spiro atoms. The maximum Gasteiger partial charge on any atom is 0.00792 e. The van der Waals surface area contributed by atoms with E-state index in [9.17, 15) is 0 Å². The van der Waals surface area contributed by atoms with Crippen molar-refractivity contribution in [2.75, 3.05) is 39.3 Å². The Morgan fingerprint density at radius 2 is 1.61 bits per heavy atom. The second-order valence-corrected chi connectivity index (χ2v) is 5.42. The Kier molecular flexibility index (Phi) is 9.54. The summed E-state index contributed by atoms with van der Waals surface area (Å²) in [6.07, 6.45) is 8.31. The van der Waals surface area contributed by atoms with Crippen LogP contribution in [0.15, 0.2) is 0 Å². The zero-order chi connectivity index (χ0) is 13.1. The van der Waals surface area contributed by atoms with E-state index in [0.29, 0.717) is 0 Å². The van der Waals surface area contributed by atoms with Gasteiger partial charge in [-0.1, -0.05) is 20.3 Å². The number of rotatable bonds is 5. The minimum Gasteiger partial charge on any atom is -0.317 e. The third-order valence-electron chi connectivity index (χ3n) is 4.06. The molecule has 0 radical (unpaired) electrons. The van der Waals surface area contributed by atoms with E-state index in [4.69, 9.17) is 0 Å². The summed E-state index contributed by atoms with van der Waals surface area (Å²) < 4.78 is 0. The highest BCUT2D eigenvalue weighted by atomic mass is 15.1. The van der Waals surface area contributed by atoms with Gasteiger partial charge in [-0.05, 0) is 71.4 Å². The second-order valence-electron chi connectivity index (χ2n) is 5.42. The molecule has 2 fully saturated rings. The first-order valence-corrected chi connectivity index (χ1v) is 8.03. The Hall–Kier alpha value is -0.120. The van der Waals surface area contributed by atoms with Gasteiger partial charge in [-0.2, -0.15) is 0 Å². The highest BCUT2D eigenvalue weighted by Crippen LogP contribution is 2.10. The molecule has 0 aromatic heterocycles. The third kappa shape index (κ3) is 7.34. The molecular weight excluding hydrogens is 222 g/mol. The summed E-state index contributed by atoms with van der Waals surface area (Å²) in [5.74, 6) is 0. The molecule has 2 aliphatic rings. The summed E-state index contributed by atoms with van der Waals surface area (Å²) in [7, 11) is 0. The SMILES string of the molecule is C1CCNC1.CCN(CC)CCC1CCCCN1. The van der Waals surface area contributed by atoms with E-state index in [1.165, 1.54) is 77.8 Å². The van der Waals surface area contributed by atoms with Crippen LogP contribution < -0.4 is 10.6 Å². The van der Waals surface area contributed by atoms with Crippen molar-refractivity contribution in [3.05, 3.63) is 0 Å². The van der Waals surface area contributed by atoms with Crippen molar-refractivity contribution in [3.63, 3.8) is 0 Å². The Bertz CT molecular complexity index is 163. The minimum absolute atomic E-state index is 0.800. The van der Waals surface area contributed by atoms with E-state index in [-0.39, 0.29) is 0 Å².